The molecular weight excluding hydrogens is 216 g/mol. The zero-order chi connectivity index (χ0) is 11.2. The molecule has 0 saturated heterocycles. The molecule has 1 aromatic heterocycles. The first-order valence-corrected chi connectivity index (χ1v) is 6.05. The van der Waals surface area contributed by atoms with Crippen LogP contribution < -0.4 is 0 Å². The molecule has 2 aromatic rings. The minimum Gasteiger partial charge on any atom is -0.299 e. The topological polar surface area (TPSA) is 17.1 Å². The van der Waals surface area contributed by atoms with Crippen LogP contribution in [0.1, 0.15) is 11.1 Å². The van der Waals surface area contributed by atoms with Gasteiger partial charge in [-0.1, -0.05) is 30.3 Å². The van der Waals surface area contributed by atoms with Gasteiger partial charge in [0.2, 0.25) is 0 Å². The highest BCUT2D eigenvalue weighted by Gasteiger charge is 2.02. The fraction of sp³-hybridized carbons (Fsp3) is 0.0714. The molecular formula is C14H12OS. The Kier molecular flexibility index (Phi) is 3.67. The number of carbonyl (C=O) groups excluding carboxylic acids is 1. The van der Waals surface area contributed by atoms with Crippen LogP contribution in [0.4, 0.5) is 0 Å². The Bertz CT molecular complexity index is 469. The zero-order valence-electron chi connectivity index (χ0n) is 8.80. The van der Waals surface area contributed by atoms with E-state index in [1.165, 1.54) is 5.56 Å². The van der Waals surface area contributed by atoms with Gasteiger partial charge >= 0.3 is 0 Å². The fourth-order valence-corrected chi connectivity index (χ4v) is 2.27. The fourth-order valence-electron chi connectivity index (χ4n) is 1.60. The number of hydrogen-bond donors (Lipinski definition) is 0. The number of thiophene rings is 1. The minimum absolute atomic E-state index is 0.812. The van der Waals surface area contributed by atoms with Crippen LogP contribution in [0.2, 0.25) is 0 Å². The van der Waals surface area contributed by atoms with E-state index in [-0.39, 0.29) is 0 Å². The molecule has 80 valence electrons. The summed E-state index contributed by atoms with van der Waals surface area (Å²) in [5.74, 6) is 0. The van der Waals surface area contributed by atoms with Crippen molar-refractivity contribution < 1.29 is 4.79 Å². The molecule has 0 unspecified atom stereocenters. The van der Waals surface area contributed by atoms with Crippen LogP contribution in [-0.4, -0.2) is 6.29 Å². The lowest BCUT2D eigenvalue weighted by Gasteiger charge is -2.05. The molecule has 0 spiro atoms. The molecule has 1 aromatic carbocycles. The minimum atomic E-state index is 0.812. The molecule has 2 rings (SSSR count). The standard InChI is InChI=1S/C14H12OS/c15-8-6-14(10-12-7-9-16-11-12)13-4-2-1-3-5-13/h1-9,11H,10H2/b14-6+. The third-order valence-electron chi connectivity index (χ3n) is 2.39. The van der Waals surface area contributed by atoms with Crippen molar-refractivity contribution in [1.82, 2.24) is 0 Å². The first kappa shape index (κ1) is 10.8. The molecule has 1 nitrogen and oxygen atoms in total. The highest BCUT2D eigenvalue weighted by molar-refractivity contribution is 7.07. The van der Waals surface area contributed by atoms with Gasteiger partial charge in [0.15, 0.2) is 0 Å². The van der Waals surface area contributed by atoms with Crippen LogP contribution in [0.15, 0.2) is 53.2 Å². The maximum Gasteiger partial charge on any atom is 0.143 e. The summed E-state index contributed by atoms with van der Waals surface area (Å²) in [6.45, 7) is 0. The number of hydrogen-bond acceptors (Lipinski definition) is 2. The normalized spacial score (nSPS) is 11.4. The van der Waals surface area contributed by atoms with Crippen LogP contribution in [0.25, 0.3) is 5.57 Å². The van der Waals surface area contributed by atoms with Gasteiger partial charge in [0, 0.05) is 0 Å². The van der Waals surface area contributed by atoms with Crippen molar-refractivity contribution >= 4 is 23.2 Å². The Labute approximate surface area is 99.1 Å². The van der Waals surface area contributed by atoms with Crippen LogP contribution >= 0.6 is 11.3 Å². The molecule has 0 bridgehead atoms. The maximum absolute atomic E-state index is 10.6. The Morgan fingerprint density at radius 3 is 2.62 bits per heavy atom. The average Bonchev–Trinajstić information content (AvgIpc) is 2.83. The van der Waals surface area contributed by atoms with E-state index in [9.17, 15) is 4.79 Å². The van der Waals surface area contributed by atoms with Crippen LogP contribution in [0.5, 0.6) is 0 Å². The third kappa shape index (κ3) is 2.67. The molecule has 0 atom stereocenters. The molecule has 1 heterocycles. The molecule has 0 fully saturated rings. The van der Waals surface area contributed by atoms with Crippen molar-refractivity contribution in [3.63, 3.8) is 0 Å². The van der Waals surface area contributed by atoms with Crippen molar-refractivity contribution in [3.05, 3.63) is 64.4 Å². The van der Waals surface area contributed by atoms with E-state index in [4.69, 9.17) is 0 Å². The first-order valence-electron chi connectivity index (χ1n) is 5.11. The second-order valence-electron chi connectivity index (χ2n) is 3.50. The van der Waals surface area contributed by atoms with Crippen molar-refractivity contribution in [2.75, 3.05) is 0 Å². The Morgan fingerprint density at radius 2 is 2.00 bits per heavy atom. The lowest BCUT2D eigenvalue weighted by Crippen LogP contribution is -1.89. The van der Waals surface area contributed by atoms with Gasteiger partial charge in [-0.25, -0.2) is 0 Å². The van der Waals surface area contributed by atoms with Crippen LogP contribution in [-0.2, 0) is 11.2 Å². The zero-order valence-corrected chi connectivity index (χ0v) is 9.61. The van der Waals surface area contributed by atoms with E-state index in [1.807, 2.05) is 30.3 Å². The van der Waals surface area contributed by atoms with Gasteiger partial charge in [-0.15, -0.1) is 0 Å². The van der Waals surface area contributed by atoms with E-state index >= 15 is 0 Å². The highest BCUT2D eigenvalue weighted by Crippen LogP contribution is 2.20. The molecule has 0 radical (unpaired) electrons. The second kappa shape index (κ2) is 5.42. The van der Waals surface area contributed by atoms with E-state index < -0.39 is 0 Å². The van der Waals surface area contributed by atoms with E-state index in [2.05, 4.69) is 16.8 Å². The number of carbonyl (C=O) groups is 1. The molecule has 0 aliphatic carbocycles. The van der Waals surface area contributed by atoms with E-state index in [0.717, 1.165) is 23.8 Å². The molecule has 0 N–H and O–H groups in total. The lowest BCUT2D eigenvalue weighted by molar-refractivity contribution is -0.104. The van der Waals surface area contributed by atoms with Gasteiger partial charge in [0.05, 0.1) is 0 Å². The lowest BCUT2D eigenvalue weighted by atomic mass is 10.00. The summed E-state index contributed by atoms with van der Waals surface area (Å²) < 4.78 is 0. The summed E-state index contributed by atoms with van der Waals surface area (Å²) in [4.78, 5) is 10.6. The van der Waals surface area contributed by atoms with Gasteiger partial charge in [-0.05, 0) is 46.0 Å². The quantitative estimate of drug-likeness (QED) is 0.577. The largest absolute Gasteiger partial charge is 0.299 e. The number of rotatable bonds is 4. The van der Waals surface area contributed by atoms with Gasteiger partial charge in [0.1, 0.15) is 6.29 Å². The molecule has 2 heteroatoms. The third-order valence-corrected chi connectivity index (χ3v) is 3.12. The predicted molar refractivity (Wildman–Crippen MR) is 68.5 cm³/mol. The summed E-state index contributed by atoms with van der Waals surface area (Å²) in [5, 5.41) is 4.17. The summed E-state index contributed by atoms with van der Waals surface area (Å²) in [6.07, 6.45) is 3.31. The van der Waals surface area contributed by atoms with Crippen LogP contribution in [0, 0.1) is 0 Å². The van der Waals surface area contributed by atoms with Crippen molar-refractivity contribution in [2.24, 2.45) is 0 Å². The maximum atomic E-state index is 10.6. The Morgan fingerprint density at radius 1 is 1.19 bits per heavy atom. The smallest absolute Gasteiger partial charge is 0.143 e. The van der Waals surface area contributed by atoms with Gasteiger partial charge in [-0.2, -0.15) is 11.3 Å². The van der Waals surface area contributed by atoms with E-state index in [0.29, 0.717) is 0 Å². The van der Waals surface area contributed by atoms with Gasteiger partial charge in [-0.3, -0.25) is 4.79 Å². The van der Waals surface area contributed by atoms with Crippen molar-refractivity contribution in [3.8, 4) is 0 Å². The Balaban J connectivity index is 2.25. The van der Waals surface area contributed by atoms with Crippen molar-refractivity contribution in [2.45, 2.75) is 6.42 Å². The number of aldehydes is 1. The molecule has 0 saturated carbocycles. The highest BCUT2D eigenvalue weighted by atomic mass is 32.1. The Hall–Kier alpha value is -1.67. The number of allylic oxidation sites excluding steroid dienone is 2. The first-order chi connectivity index (χ1) is 7.90. The molecule has 0 amide bonds. The summed E-state index contributed by atoms with van der Waals surface area (Å²) in [6, 6.07) is 12.1. The second-order valence-corrected chi connectivity index (χ2v) is 4.28. The summed E-state index contributed by atoms with van der Waals surface area (Å²) >= 11 is 1.68. The monoisotopic (exact) mass is 228 g/mol. The average molecular weight is 228 g/mol. The number of benzene rings is 1. The molecule has 16 heavy (non-hydrogen) atoms. The van der Waals surface area contributed by atoms with Crippen molar-refractivity contribution in [1.29, 1.82) is 0 Å². The molecule has 0 aliphatic rings. The predicted octanol–water partition coefficient (Wildman–Crippen LogP) is 3.57. The van der Waals surface area contributed by atoms with Gasteiger partial charge in [0.25, 0.3) is 0 Å². The SMILES string of the molecule is O=C/C=C(\Cc1ccsc1)c1ccccc1. The van der Waals surface area contributed by atoms with Crippen LogP contribution in [0.3, 0.4) is 0 Å². The van der Waals surface area contributed by atoms with Gasteiger partial charge < -0.3 is 0 Å². The summed E-state index contributed by atoms with van der Waals surface area (Å²) in [7, 11) is 0. The summed E-state index contributed by atoms with van der Waals surface area (Å²) in [5.41, 5.74) is 3.43. The van der Waals surface area contributed by atoms with E-state index in [1.54, 1.807) is 17.4 Å². The molecule has 0 aliphatic heterocycles.